The summed E-state index contributed by atoms with van der Waals surface area (Å²) < 4.78 is 27.6. The van der Waals surface area contributed by atoms with Crippen molar-refractivity contribution in [1.82, 2.24) is 0 Å². The number of rotatable bonds is 3. The largest absolute Gasteiger partial charge is 0.487 e. The Morgan fingerprint density at radius 2 is 2.47 bits per heavy atom. The van der Waals surface area contributed by atoms with Crippen LogP contribution in [0.3, 0.4) is 0 Å². The molecule has 0 aromatic heterocycles. The first-order valence-electron chi connectivity index (χ1n) is 4.95. The summed E-state index contributed by atoms with van der Waals surface area (Å²) in [6.45, 7) is 0.434. The Balaban J connectivity index is 2.39. The first-order chi connectivity index (χ1) is 8.13. The summed E-state index contributed by atoms with van der Waals surface area (Å²) in [4.78, 5) is 1.98. The molecular formula is C10H12N2O3S2. The first kappa shape index (κ1) is 12.3. The Morgan fingerprint density at radius 1 is 1.71 bits per heavy atom. The maximum atomic E-state index is 10.8. The summed E-state index contributed by atoms with van der Waals surface area (Å²) in [5.74, 6) is 0.575. The molecule has 0 radical (unpaired) electrons. The molecule has 2 rings (SSSR count). The molecule has 1 aliphatic heterocycles. The normalized spacial score (nSPS) is 20.1. The van der Waals surface area contributed by atoms with Crippen molar-refractivity contribution in [2.24, 2.45) is 0 Å². The van der Waals surface area contributed by atoms with Crippen molar-refractivity contribution in [3.05, 3.63) is 18.2 Å². The van der Waals surface area contributed by atoms with Crippen LogP contribution in [0.2, 0.25) is 0 Å². The number of likely N-dealkylation sites (N-methyl/N-ethyl adjacent to an activating group) is 1. The number of para-hydroxylation sites is 1. The van der Waals surface area contributed by atoms with Crippen LogP contribution in [0.1, 0.15) is 0 Å². The zero-order chi connectivity index (χ0) is 12.4. The summed E-state index contributed by atoms with van der Waals surface area (Å²) in [5.41, 5.74) is 1.34. The molecule has 0 saturated heterocycles. The summed E-state index contributed by atoms with van der Waals surface area (Å²) in [5, 5.41) is 1.65. The number of hydrogen-bond donors (Lipinski definition) is 2. The number of nitrogens with zero attached hydrogens (tertiary/aromatic N) is 1. The highest BCUT2D eigenvalue weighted by atomic mass is 32.2. The number of benzene rings is 1. The molecule has 0 aliphatic carbocycles. The molecule has 0 bridgehead atoms. The number of nitrogens with one attached hydrogen (secondary N) is 1. The SMILES string of the molecule is CN1c2cccc(NS(=O)O)c2OCC1C=S. The van der Waals surface area contributed by atoms with Gasteiger partial charge >= 0.3 is 0 Å². The van der Waals surface area contributed by atoms with Gasteiger partial charge in [0.2, 0.25) is 0 Å². The first-order valence-corrected chi connectivity index (χ1v) is 6.52. The average molecular weight is 272 g/mol. The zero-order valence-electron chi connectivity index (χ0n) is 9.12. The van der Waals surface area contributed by atoms with E-state index in [0.717, 1.165) is 5.69 Å². The monoisotopic (exact) mass is 272 g/mol. The van der Waals surface area contributed by atoms with Crippen molar-refractivity contribution in [3.8, 4) is 5.75 Å². The molecule has 1 aromatic carbocycles. The van der Waals surface area contributed by atoms with Crippen LogP contribution in [-0.4, -0.2) is 33.8 Å². The highest BCUT2D eigenvalue weighted by Gasteiger charge is 2.25. The van der Waals surface area contributed by atoms with Crippen LogP contribution in [0.4, 0.5) is 11.4 Å². The van der Waals surface area contributed by atoms with Crippen molar-refractivity contribution in [3.63, 3.8) is 0 Å². The van der Waals surface area contributed by atoms with Gasteiger partial charge in [-0.3, -0.25) is 9.27 Å². The molecule has 1 aromatic rings. The van der Waals surface area contributed by atoms with E-state index in [4.69, 9.17) is 21.5 Å². The molecular weight excluding hydrogens is 260 g/mol. The lowest BCUT2D eigenvalue weighted by Gasteiger charge is -2.34. The summed E-state index contributed by atoms with van der Waals surface area (Å²) in [6.07, 6.45) is 0. The van der Waals surface area contributed by atoms with Crippen LogP contribution in [0.25, 0.3) is 0 Å². The highest BCUT2D eigenvalue weighted by Crippen LogP contribution is 2.39. The third-order valence-electron chi connectivity index (χ3n) is 2.62. The van der Waals surface area contributed by atoms with Gasteiger partial charge in [0.25, 0.3) is 11.3 Å². The third-order valence-corrected chi connectivity index (χ3v) is 3.33. The van der Waals surface area contributed by atoms with Crippen LogP contribution in [0.5, 0.6) is 5.75 Å². The standard InChI is InChI=1S/C10H12N2O3S2/c1-12-7(6-16)5-15-10-8(11-17(13)14)3-2-4-9(10)12/h2-4,6-7,11H,5H2,1H3,(H,13,14). The van der Waals surface area contributed by atoms with E-state index in [9.17, 15) is 4.21 Å². The fourth-order valence-corrected chi connectivity index (χ4v) is 2.33. The third kappa shape index (κ3) is 2.41. The van der Waals surface area contributed by atoms with E-state index in [1.54, 1.807) is 17.5 Å². The minimum atomic E-state index is -2.11. The second-order valence-corrected chi connectivity index (χ2v) is 4.60. The Kier molecular flexibility index (Phi) is 3.60. The Labute approximate surface area is 107 Å². The molecule has 2 unspecified atom stereocenters. The van der Waals surface area contributed by atoms with Crippen molar-refractivity contribution in [2.75, 3.05) is 23.3 Å². The van der Waals surface area contributed by atoms with E-state index in [2.05, 4.69) is 4.72 Å². The molecule has 92 valence electrons. The Morgan fingerprint density at radius 3 is 3.12 bits per heavy atom. The van der Waals surface area contributed by atoms with Crippen molar-refractivity contribution < 1.29 is 13.5 Å². The second kappa shape index (κ2) is 4.99. The zero-order valence-corrected chi connectivity index (χ0v) is 10.8. The Bertz CT molecular complexity index is 467. The lowest BCUT2D eigenvalue weighted by atomic mass is 10.1. The molecule has 17 heavy (non-hydrogen) atoms. The Hall–Kier alpha value is -1.18. The molecule has 0 fully saturated rings. The summed E-state index contributed by atoms with van der Waals surface area (Å²) in [6, 6.07) is 5.40. The van der Waals surface area contributed by atoms with E-state index in [1.165, 1.54) is 0 Å². The predicted octanol–water partition coefficient (Wildman–Crippen LogP) is 1.43. The molecule has 1 aliphatic rings. The van der Waals surface area contributed by atoms with Crippen molar-refractivity contribution in [1.29, 1.82) is 0 Å². The van der Waals surface area contributed by atoms with Gasteiger partial charge in [-0.15, -0.1) is 0 Å². The molecule has 0 amide bonds. The van der Waals surface area contributed by atoms with Crippen LogP contribution < -0.4 is 14.4 Å². The molecule has 5 nitrogen and oxygen atoms in total. The fourth-order valence-electron chi connectivity index (χ4n) is 1.72. The lowest BCUT2D eigenvalue weighted by Crippen LogP contribution is -2.41. The van der Waals surface area contributed by atoms with Crippen molar-refractivity contribution >= 4 is 40.2 Å². The number of anilines is 2. The molecule has 2 N–H and O–H groups in total. The van der Waals surface area contributed by atoms with Gasteiger partial charge in [0.15, 0.2) is 5.75 Å². The van der Waals surface area contributed by atoms with E-state index in [0.29, 0.717) is 18.0 Å². The van der Waals surface area contributed by atoms with Gasteiger partial charge in [0.1, 0.15) is 6.61 Å². The number of hydrogen-bond acceptors (Lipinski definition) is 4. The minimum Gasteiger partial charge on any atom is -0.487 e. The minimum absolute atomic E-state index is 0.0346. The van der Waals surface area contributed by atoms with E-state index < -0.39 is 11.3 Å². The number of fused-ring (bicyclic) bond motifs is 1. The smallest absolute Gasteiger partial charge is 0.259 e. The number of thiocarbonyl (C=S) groups is 1. The van der Waals surface area contributed by atoms with Gasteiger partial charge in [-0.25, -0.2) is 4.21 Å². The van der Waals surface area contributed by atoms with E-state index in [-0.39, 0.29) is 6.04 Å². The predicted molar refractivity (Wildman–Crippen MR) is 72.2 cm³/mol. The maximum absolute atomic E-state index is 10.8. The highest BCUT2D eigenvalue weighted by molar-refractivity contribution is 7.80. The van der Waals surface area contributed by atoms with Gasteiger partial charge < -0.3 is 9.64 Å². The van der Waals surface area contributed by atoms with E-state index in [1.807, 2.05) is 18.0 Å². The molecule has 1 heterocycles. The summed E-state index contributed by atoms with van der Waals surface area (Å²) >= 11 is 2.82. The molecule has 0 spiro atoms. The quantitative estimate of drug-likeness (QED) is 0.644. The van der Waals surface area contributed by atoms with Crippen LogP contribution in [0.15, 0.2) is 18.2 Å². The van der Waals surface area contributed by atoms with Crippen LogP contribution >= 0.6 is 12.2 Å². The van der Waals surface area contributed by atoms with Gasteiger partial charge in [0.05, 0.1) is 17.4 Å². The van der Waals surface area contributed by atoms with Crippen LogP contribution in [0, 0.1) is 0 Å². The molecule has 0 saturated carbocycles. The maximum Gasteiger partial charge on any atom is 0.259 e. The van der Waals surface area contributed by atoms with E-state index >= 15 is 0 Å². The van der Waals surface area contributed by atoms with Crippen LogP contribution in [-0.2, 0) is 11.3 Å². The lowest BCUT2D eigenvalue weighted by molar-refractivity contribution is 0.297. The second-order valence-electron chi connectivity index (χ2n) is 3.63. The van der Waals surface area contributed by atoms with Crippen molar-refractivity contribution in [2.45, 2.75) is 6.04 Å². The number of ether oxygens (including phenoxy) is 1. The van der Waals surface area contributed by atoms with Gasteiger partial charge in [-0.2, -0.15) is 0 Å². The van der Waals surface area contributed by atoms with Gasteiger partial charge in [-0.1, -0.05) is 18.3 Å². The molecule has 7 heteroatoms. The topological polar surface area (TPSA) is 61.8 Å². The van der Waals surface area contributed by atoms with Gasteiger partial charge in [-0.05, 0) is 12.1 Å². The summed E-state index contributed by atoms with van der Waals surface area (Å²) in [7, 11) is 1.91. The average Bonchev–Trinajstić information content (AvgIpc) is 2.30. The molecule has 2 atom stereocenters. The fraction of sp³-hybridized carbons (Fsp3) is 0.300. The van der Waals surface area contributed by atoms with Gasteiger partial charge in [0, 0.05) is 12.4 Å².